The van der Waals surface area contributed by atoms with Gasteiger partial charge in [0.1, 0.15) is 11.2 Å². The molecule has 1 N–H and O–H groups in total. The van der Waals surface area contributed by atoms with Crippen molar-refractivity contribution in [3.05, 3.63) is 0 Å². The first-order valence-corrected chi connectivity index (χ1v) is 6.22. The van der Waals surface area contributed by atoms with Crippen LogP contribution in [-0.2, 0) is 14.2 Å². The first kappa shape index (κ1) is 14.9. The largest absolute Gasteiger partial charge is 0.382 e. The second-order valence-electron chi connectivity index (χ2n) is 5.56. The third-order valence-corrected chi connectivity index (χ3v) is 4.12. The molecule has 0 aromatic carbocycles. The van der Waals surface area contributed by atoms with Gasteiger partial charge >= 0.3 is 0 Å². The van der Waals surface area contributed by atoms with Crippen molar-refractivity contribution in [3.8, 4) is 0 Å². The minimum Gasteiger partial charge on any atom is -0.382 e. The van der Waals surface area contributed by atoms with Crippen molar-refractivity contribution in [1.82, 2.24) is 0 Å². The molecule has 0 bridgehead atoms. The predicted molar refractivity (Wildman–Crippen MR) is 66.0 cm³/mol. The van der Waals surface area contributed by atoms with Crippen molar-refractivity contribution in [1.29, 1.82) is 0 Å². The van der Waals surface area contributed by atoms with Gasteiger partial charge in [0, 0.05) is 20.6 Å². The fourth-order valence-electron chi connectivity index (χ4n) is 2.56. The van der Waals surface area contributed by atoms with E-state index in [0.717, 1.165) is 0 Å². The van der Waals surface area contributed by atoms with E-state index in [1.165, 1.54) is 0 Å². The van der Waals surface area contributed by atoms with E-state index in [2.05, 4.69) is 13.8 Å². The summed E-state index contributed by atoms with van der Waals surface area (Å²) < 4.78 is 16.6. The monoisotopic (exact) mass is 246 g/mol. The lowest BCUT2D eigenvalue weighted by molar-refractivity contribution is -0.288. The lowest BCUT2D eigenvalue weighted by Crippen LogP contribution is -2.68. The van der Waals surface area contributed by atoms with Crippen molar-refractivity contribution in [3.63, 3.8) is 0 Å². The third kappa shape index (κ3) is 2.50. The molecule has 1 rings (SSSR count). The first-order valence-electron chi connectivity index (χ1n) is 6.22. The molecule has 1 aliphatic heterocycles. The Balaban J connectivity index is 2.99. The molecule has 0 saturated carbocycles. The number of rotatable bonds is 4. The molecular formula is C13H26O4. The van der Waals surface area contributed by atoms with Gasteiger partial charge in [-0.3, -0.25) is 0 Å². The van der Waals surface area contributed by atoms with Crippen LogP contribution in [0.1, 0.15) is 34.1 Å². The third-order valence-electron chi connectivity index (χ3n) is 4.12. The van der Waals surface area contributed by atoms with Crippen LogP contribution in [0.25, 0.3) is 0 Å². The number of methoxy groups -OCH3 is 2. The van der Waals surface area contributed by atoms with Gasteiger partial charge in [0.05, 0.1) is 18.8 Å². The number of hydrogen-bond donors (Lipinski definition) is 1. The summed E-state index contributed by atoms with van der Waals surface area (Å²) in [5.74, 6) is 0.402. The highest BCUT2D eigenvalue weighted by Gasteiger charge is 2.57. The van der Waals surface area contributed by atoms with Gasteiger partial charge in [0.15, 0.2) is 0 Å². The van der Waals surface area contributed by atoms with Crippen molar-refractivity contribution < 1.29 is 19.3 Å². The van der Waals surface area contributed by atoms with Gasteiger partial charge in [-0.1, -0.05) is 13.8 Å². The Kier molecular flexibility index (Phi) is 4.58. The molecule has 1 heterocycles. The summed E-state index contributed by atoms with van der Waals surface area (Å²) >= 11 is 0. The summed E-state index contributed by atoms with van der Waals surface area (Å²) in [6.07, 6.45) is 0.464. The van der Waals surface area contributed by atoms with Gasteiger partial charge in [-0.15, -0.1) is 0 Å². The molecule has 1 fully saturated rings. The zero-order valence-corrected chi connectivity index (χ0v) is 11.8. The minimum absolute atomic E-state index is 0.104. The van der Waals surface area contributed by atoms with Gasteiger partial charge < -0.3 is 19.3 Å². The van der Waals surface area contributed by atoms with Crippen molar-refractivity contribution in [2.45, 2.75) is 57.5 Å². The highest BCUT2D eigenvalue weighted by atomic mass is 16.6. The fourth-order valence-corrected chi connectivity index (χ4v) is 2.56. The van der Waals surface area contributed by atoms with Gasteiger partial charge in [-0.05, 0) is 19.8 Å². The maximum Gasteiger partial charge on any atom is 0.142 e. The standard InChI is InChI=1S/C13H26O4/c1-9(2)11-7-12(4,16-6)13(14,8-15-5)10(3)17-11/h9-11,14H,7-8H2,1-6H3/t10-,11+,12+,13+/m0/s1. The van der Waals surface area contributed by atoms with Crippen LogP contribution in [0.3, 0.4) is 0 Å². The lowest BCUT2D eigenvalue weighted by Gasteiger charge is -2.53. The topological polar surface area (TPSA) is 47.9 Å². The molecular weight excluding hydrogens is 220 g/mol. The average Bonchev–Trinajstić information content (AvgIpc) is 2.26. The Bertz CT molecular complexity index is 256. The maximum absolute atomic E-state index is 10.8. The van der Waals surface area contributed by atoms with Crippen LogP contribution in [0.2, 0.25) is 0 Å². The van der Waals surface area contributed by atoms with Crippen LogP contribution in [0.5, 0.6) is 0 Å². The molecule has 1 aliphatic rings. The van der Waals surface area contributed by atoms with E-state index in [9.17, 15) is 5.11 Å². The highest BCUT2D eigenvalue weighted by Crippen LogP contribution is 2.41. The first-order chi connectivity index (χ1) is 7.80. The quantitative estimate of drug-likeness (QED) is 0.818. The molecule has 0 aliphatic carbocycles. The van der Waals surface area contributed by atoms with Gasteiger partial charge in [-0.2, -0.15) is 0 Å². The number of hydrogen-bond acceptors (Lipinski definition) is 4. The molecule has 0 unspecified atom stereocenters. The van der Waals surface area contributed by atoms with Gasteiger partial charge in [-0.25, -0.2) is 0 Å². The summed E-state index contributed by atoms with van der Waals surface area (Å²) in [4.78, 5) is 0. The van der Waals surface area contributed by atoms with E-state index in [-0.39, 0.29) is 18.8 Å². The second-order valence-corrected chi connectivity index (χ2v) is 5.56. The zero-order chi connectivity index (χ0) is 13.3. The summed E-state index contributed by atoms with van der Waals surface area (Å²) in [5.41, 5.74) is -1.75. The van der Waals surface area contributed by atoms with Crippen LogP contribution >= 0.6 is 0 Å². The van der Waals surface area contributed by atoms with Gasteiger partial charge in [0.25, 0.3) is 0 Å². The molecule has 4 heteroatoms. The summed E-state index contributed by atoms with van der Waals surface area (Å²) in [7, 11) is 3.21. The van der Waals surface area contributed by atoms with Crippen LogP contribution in [0.4, 0.5) is 0 Å². The van der Waals surface area contributed by atoms with Crippen LogP contribution in [0, 0.1) is 5.92 Å². The Labute approximate surface area is 104 Å². The van der Waals surface area contributed by atoms with Gasteiger partial charge in [0.2, 0.25) is 0 Å². The molecule has 0 spiro atoms. The number of ether oxygens (including phenoxy) is 3. The second kappa shape index (κ2) is 5.22. The lowest BCUT2D eigenvalue weighted by atomic mass is 9.73. The summed E-state index contributed by atoms with van der Waals surface area (Å²) in [6.45, 7) is 8.26. The van der Waals surface area contributed by atoms with E-state index >= 15 is 0 Å². The average molecular weight is 246 g/mol. The zero-order valence-electron chi connectivity index (χ0n) is 11.8. The normalized spacial score (nSPS) is 43.1. The van der Waals surface area contributed by atoms with E-state index in [1.54, 1.807) is 14.2 Å². The van der Waals surface area contributed by atoms with Crippen molar-refractivity contribution >= 4 is 0 Å². The minimum atomic E-state index is -1.11. The molecule has 0 amide bonds. The molecule has 0 aromatic rings. The van der Waals surface area contributed by atoms with Crippen LogP contribution in [0.15, 0.2) is 0 Å². The summed E-state index contributed by atoms with van der Waals surface area (Å²) in [5, 5.41) is 10.8. The Morgan fingerprint density at radius 1 is 1.41 bits per heavy atom. The molecule has 17 heavy (non-hydrogen) atoms. The fraction of sp³-hybridized carbons (Fsp3) is 1.00. The summed E-state index contributed by atoms with van der Waals surface area (Å²) in [6, 6.07) is 0. The van der Waals surface area contributed by atoms with Crippen molar-refractivity contribution in [2.24, 2.45) is 5.92 Å². The predicted octanol–water partition coefficient (Wildman–Crippen LogP) is 1.60. The Morgan fingerprint density at radius 2 is 2.00 bits per heavy atom. The molecule has 0 radical (unpaired) electrons. The molecule has 4 atom stereocenters. The Morgan fingerprint density at radius 3 is 2.41 bits per heavy atom. The molecule has 1 saturated heterocycles. The molecule has 102 valence electrons. The smallest absolute Gasteiger partial charge is 0.142 e. The SMILES string of the molecule is COC[C@@]1(O)[C@H](C)O[C@@H](C(C)C)C[C@@]1(C)OC. The Hall–Kier alpha value is -0.160. The highest BCUT2D eigenvalue weighted by molar-refractivity contribution is 5.07. The van der Waals surface area contributed by atoms with Crippen molar-refractivity contribution in [2.75, 3.05) is 20.8 Å². The maximum atomic E-state index is 10.8. The van der Waals surface area contributed by atoms with E-state index in [1.807, 2.05) is 13.8 Å². The molecule has 4 nitrogen and oxygen atoms in total. The molecule has 0 aromatic heterocycles. The van der Waals surface area contributed by atoms with Crippen LogP contribution < -0.4 is 0 Å². The van der Waals surface area contributed by atoms with E-state index in [0.29, 0.717) is 12.3 Å². The number of aliphatic hydroxyl groups is 1. The van der Waals surface area contributed by atoms with E-state index in [4.69, 9.17) is 14.2 Å². The van der Waals surface area contributed by atoms with Crippen LogP contribution in [-0.4, -0.2) is 49.3 Å². The van der Waals surface area contributed by atoms with E-state index < -0.39 is 11.2 Å².